The molecule has 1 N–H and O–H groups in total. The lowest BCUT2D eigenvalue weighted by Gasteiger charge is -2.09. The van der Waals surface area contributed by atoms with Gasteiger partial charge in [0.2, 0.25) is 0 Å². The van der Waals surface area contributed by atoms with Gasteiger partial charge >= 0.3 is 0 Å². The molecule has 0 unspecified atom stereocenters. The Labute approximate surface area is 197 Å². The minimum Gasteiger partial charge on any atom is -0.497 e. The zero-order valence-corrected chi connectivity index (χ0v) is 19.1. The molecule has 4 rings (SSSR count). The number of rotatable bonds is 9. The number of benzene rings is 3. The van der Waals surface area contributed by atoms with E-state index in [9.17, 15) is 4.79 Å². The van der Waals surface area contributed by atoms with Gasteiger partial charge in [0.05, 0.1) is 7.11 Å². The largest absolute Gasteiger partial charge is 0.497 e. The summed E-state index contributed by atoms with van der Waals surface area (Å²) in [4.78, 5) is 12.4. The van der Waals surface area contributed by atoms with Crippen molar-refractivity contribution in [2.24, 2.45) is 0 Å². The van der Waals surface area contributed by atoms with E-state index < -0.39 is 0 Å². The van der Waals surface area contributed by atoms with Crippen LogP contribution in [0.1, 0.15) is 15.9 Å². The van der Waals surface area contributed by atoms with E-state index in [-0.39, 0.29) is 5.91 Å². The Balaban J connectivity index is 1.43. The highest BCUT2D eigenvalue weighted by Crippen LogP contribution is 2.27. The van der Waals surface area contributed by atoms with Crippen LogP contribution in [-0.4, -0.2) is 27.8 Å². The molecular formula is C26H24N4O2S. The number of ether oxygens (including phenoxy) is 1. The number of para-hydroxylation sites is 1. The lowest BCUT2D eigenvalue weighted by molar-refractivity contribution is 0.102. The third-order valence-corrected chi connectivity index (χ3v) is 6.03. The van der Waals surface area contributed by atoms with E-state index in [4.69, 9.17) is 4.74 Å². The molecule has 33 heavy (non-hydrogen) atoms. The second-order valence-electron chi connectivity index (χ2n) is 7.24. The highest BCUT2D eigenvalue weighted by molar-refractivity contribution is 7.98. The van der Waals surface area contributed by atoms with Crippen LogP contribution in [0.4, 0.5) is 5.69 Å². The van der Waals surface area contributed by atoms with E-state index >= 15 is 0 Å². The first kappa shape index (κ1) is 22.4. The van der Waals surface area contributed by atoms with E-state index in [1.54, 1.807) is 18.9 Å². The Hall–Kier alpha value is -3.84. The molecule has 0 aliphatic rings. The number of amides is 1. The third-order valence-electron chi connectivity index (χ3n) is 4.99. The van der Waals surface area contributed by atoms with E-state index in [0.29, 0.717) is 17.9 Å². The van der Waals surface area contributed by atoms with Crippen LogP contribution in [0.15, 0.2) is 96.7 Å². The molecule has 0 aliphatic heterocycles. The molecule has 4 aromatic rings. The van der Waals surface area contributed by atoms with Gasteiger partial charge in [-0.05, 0) is 54.1 Å². The monoisotopic (exact) mass is 456 g/mol. The number of aromatic nitrogens is 3. The second kappa shape index (κ2) is 10.7. The number of allylic oxidation sites excluding steroid dienone is 1. The fraction of sp³-hybridized carbons (Fsp3) is 0.115. The van der Waals surface area contributed by atoms with Crippen LogP contribution in [0.2, 0.25) is 0 Å². The molecule has 0 radical (unpaired) electrons. The van der Waals surface area contributed by atoms with Gasteiger partial charge in [-0.1, -0.05) is 48.2 Å². The zero-order chi connectivity index (χ0) is 23.0. The quantitative estimate of drug-likeness (QED) is 0.259. The highest BCUT2D eigenvalue weighted by Gasteiger charge is 2.14. The Morgan fingerprint density at radius 3 is 2.42 bits per heavy atom. The molecule has 1 heterocycles. The van der Waals surface area contributed by atoms with Gasteiger partial charge in [0.25, 0.3) is 5.91 Å². The average Bonchev–Trinajstić information content (AvgIpc) is 3.26. The van der Waals surface area contributed by atoms with Crippen molar-refractivity contribution >= 4 is 23.4 Å². The van der Waals surface area contributed by atoms with Gasteiger partial charge in [0.15, 0.2) is 11.0 Å². The van der Waals surface area contributed by atoms with Crippen molar-refractivity contribution < 1.29 is 9.53 Å². The van der Waals surface area contributed by atoms with Crippen molar-refractivity contribution in [3.63, 3.8) is 0 Å². The van der Waals surface area contributed by atoms with Gasteiger partial charge in [-0.2, -0.15) is 0 Å². The van der Waals surface area contributed by atoms with Gasteiger partial charge in [0, 0.05) is 29.1 Å². The maximum Gasteiger partial charge on any atom is 0.255 e. The first-order valence-corrected chi connectivity index (χ1v) is 11.4. The molecule has 0 spiro atoms. The number of nitrogens with zero attached hydrogens (tertiary/aromatic N) is 3. The van der Waals surface area contributed by atoms with Crippen molar-refractivity contribution in [1.82, 2.24) is 14.8 Å². The maximum absolute atomic E-state index is 12.4. The number of carbonyl (C=O) groups excluding carboxylic acids is 1. The smallest absolute Gasteiger partial charge is 0.255 e. The third kappa shape index (κ3) is 5.51. The predicted molar refractivity (Wildman–Crippen MR) is 133 cm³/mol. The summed E-state index contributed by atoms with van der Waals surface area (Å²) in [5, 5.41) is 12.5. The molecule has 7 heteroatoms. The van der Waals surface area contributed by atoms with E-state index in [2.05, 4.69) is 22.1 Å². The summed E-state index contributed by atoms with van der Waals surface area (Å²) in [7, 11) is 1.65. The van der Waals surface area contributed by atoms with Crippen LogP contribution < -0.4 is 10.1 Å². The van der Waals surface area contributed by atoms with Crippen molar-refractivity contribution in [1.29, 1.82) is 0 Å². The molecule has 0 fully saturated rings. The Bertz CT molecular complexity index is 1220. The Kier molecular flexibility index (Phi) is 7.22. The first-order valence-electron chi connectivity index (χ1n) is 10.4. The van der Waals surface area contributed by atoms with Crippen molar-refractivity contribution in [3.8, 4) is 17.1 Å². The summed E-state index contributed by atoms with van der Waals surface area (Å²) < 4.78 is 7.28. The van der Waals surface area contributed by atoms with Crippen molar-refractivity contribution in [3.05, 3.63) is 103 Å². The fourth-order valence-corrected chi connectivity index (χ4v) is 4.17. The van der Waals surface area contributed by atoms with Crippen LogP contribution in [0.3, 0.4) is 0 Å². The maximum atomic E-state index is 12.4. The Morgan fingerprint density at radius 1 is 1.03 bits per heavy atom. The summed E-state index contributed by atoms with van der Waals surface area (Å²) in [6, 6.07) is 24.8. The van der Waals surface area contributed by atoms with E-state index in [0.717, 1.165) is 33.5 Å². The summed E-state index contributed by atoms with van der Waals surface area (Å²) in [5.41, 5.74) is 3.45. The minimum absolute atomic E-state index is 0.129. The van der Waals surface area contributed by atoms with Crippen LogP contribution in [0, 0.1) is 0 Å². The average molecular weight is 457 g/mol. The SMILES string of the molecule is C=CCn1c(SCc2ccc(C(=O)Nc3ccccc3)cc2)nnc1-c1ccc(OC)cc1. The van der Waals surface area contributed by atoms with Gasteiger partial charge in [0.1, 0.15) is 5.75 Å². The number of methoxy groups -OCH3 is 1. The van der Waals surface area contributed by atoms with E-state index in [1.165, 1.54) is 0 Å². The molecule has 0 saturated carbocycles. The molecule has 0 atom stereocenters. The minimum atomic E-state index is -0.129. The summed E-state index contributed by atoms with van der Waals surface area (Å²) >= 11 is 1.60. The molecular weight excluding hydrogens is 432 g/mol. The Morgan fingerprint density at radius 2 is 1.76 bits per heavy atom. The summed E-state index contributed by atoms with van der Waals surface area (Å²) in [6.45, 7) is 4.48. The van der Waals surface area contributed by atoms with Crippen LogP contribution in [0.25, 0.3) is 11.4 Å². The number of nitrogens with one attached hydrogen (secondary N) is 1. The molecule has 3 aromatic carbocycles. The summed E-state index contributed by atoms with van der Waals surface area (Å²) in [6.07, 6.45) is 1.83. The molecule has 6 nitrogen and oxygen atoms in total. The number of thioether (sulfide) groups is 1. The first-order chi connectivity index (χ1) is 16.2. The van der Waals surface area contributed by atoms with E-state index in [1.807, 2.05) is 89.5 Å². The summed E-state index contributed by atoms with van der Waals surface area (Å²) in [5.74, 6) is 2.16. The predicted octanol–water partition coefficient (Wildman–Crippen LogP) is 5.68. The lowest BCUT2D eigenvalue weighted by Crippen LogP contribution is -2.11. The normalized spacial score (nSPS) is 10.6. The lowest BCUT2D eigenvalue weighted by atomic mass is 10.1. The second-order valence-corrected chi connectivity index (χ2v) is 8.18. The highest BCUT2D eigenvalue weighted by atomic mass is 32.2. The van der Waals surface area contributed by atoms with Gasteiger partial charge in [-0.25, -0.2) is 0 Å². The molecule has 1 amide bonds. The molecule has 0 bridgehead atoms. The molecule has 0 aliphatic carbocycles. The number of anilines is 1. The molecule has 1 aromatic heterocycles. The van der Waals surface area contributed by atoms with Crippen molar-refractivity contribution in [2.75, 3.05) is 12.4 Å². The van der Waals surface area contributed by atoms with Crippen LogP contribution in [0.5, 0.6) is 5.75 Å². The van der Waals surface area contributed by atoms with Gasteiger partial charge < -0.3 is 10.1 Å². The van der Waals surface area contributed by atoms with Crippen LogP contribution in [-0.2, 0) is 12.3 Å². The van der Waals surface area contributed by atoms with Gasteiger partial charge in [-0.3, -0.25) is 9.36 Å². The van der Waals surface area contributed by atoms with Crippen LogP contribution >= 0.6 is 11.8 Å². The fourth-order valence-electron chi connectivity index (χ4n) is 3.27. The standard InChI is InChI=1S/C26H24N4O2S/c1-3-17-30-24(20-13-15-23(32-2)16-14-20)28-29-26(30)33-18-19-9-11-21(12-10-19)25(31)27-22-7-5-4-6-8-22/h3-16H,1,17-18H2,2H3,(H,27,31). The zero-order valence-electron chi connectivity index (χ0n) is 18.3. The van der Waals surface area contributed by atoms with Crippen molar-refractivity contribution in [2.45, 2.75) is 17.5 Å². The number of carbonyl (C=O) groups is 1. The van der Waals surface area contributed by atoms with Gasteiger partial charge in [-0.15, -0.1) is 16.8 Å². The topological polar surface area (TPSA) is 69.0 Å². The molecule has 0 saturated heterocycles. The number of hydrogen-bond acceptors (Lipinski definition) is 5. The molecule has 166 valence electrons. The number of hydrogen-bond donors (Lipinski definition) is 1.